The molecule has 12 heavy (non-hydrogen) atoms. The Bertz CT molecular complexity index is 296. The number of nitrogens with two attached hydrogens (primary N) is 1. The van der Waals surface area contributed by atoms with Crippen LogP contribution in [0.1, 0.15) is 36.9 Å². The van der Waals surface area contributed by atoms with Crippen LogP contribution in [0, 0.1) is 0 Å². The normalized spacial score (nSPS) is 21.9. The van der Waals surface area contributed by atoms with Gasteiger partial charge in [0.25, 0.3) is 0 Å². The maximum Gasteiger partial charge on any atom is 0.146 e. The number of nitrogen functional groups attached to an aromatic ring is 1. The zero-order valence-corrected chi connectivity index (χ0v) is 7.25. The Balaban J connectivity index is 2.46. The fraction of sp³-hybridized carbons (Fsp3) is 0.556. The third-order valence-corrected chi connectivity index (χ3v) is 2.47. The molecular formula is C9H13N3. The van der Waals surface area contributed by atoms with Crippen molar-refractivity contribution in [1.82, 2.24) is 10.2 Å². The van der Waals surface area contributed by atoms with Gasteiger partial charge in [0.05, 0.1) is 5.69 Å². The number of nitrogens with zero attached hydrogens (tertiary/aromatic N) is 2. The lowest BCUT2D eigenvalue weighted by Crippen LogP contribution is -2.11. The highest BCUT2D eigenvalue weighted by Crippen LogP contribution is 2.29. The van der Waals surface area contributed by atoms with Gasteiger partial charge in [-0.15, -0.1) is 5.10 Å². The summed E-state index contributed by atoms with van der Waals surface area (Å²) in [7, 11) is 0. The molecule has 1 aromatic heterocycles. The lowest BCUT2D eigenvalue weighted by molar-refractivity contribution is 0.565. The van der Waals surface area contributed by atoms with Crippen LogP contribution in [0.2, 0.25) is 0 Å². The van der Waals surface area contributed by atoms with E-state index >= 15 is 0 Å². The summed E-state index contributed by atoms with van der Waals surface area (Å²) in [6.45, 7) is 2.20. The smallest absolute Gasteiger partial charge is 0.146 e. The number of hydrogen-bond donors (Lipinski definition) is 1. The third kappa shape index (κ3) is 1.15. The van der Waals surface area contributed by atoms with E-state index < -0.39 is 0 Å². The molecule has 0 aromatic carbocycles. The predicted molar refractivity (Wildman–Crippen MR) is 47.8 cm³/mol. The summed E-state index contributed by atoms with van der Waals surface area (Å²) in [6.07, 6.45) is 3.59. The second-order valence-corrected chi connectivity index (χ2v) is 3.47. The van der Waals surface area contributed by atoms with Crippen LogP contribution >= 0.6 is 0 Å². The Hall–Kier alpha value is -1.12. The average molecular weight is 163 g/mol. The lowest BCUT2D eigenvalue weighted by Gasteiger charge is -2.19. The van der Waals surface area contributed by atoms with Crippen molar-refractivity contribution < 1.29 is 0 Å². The molecule has 2 rings (SSSR count). The Labute approximate surface area is 72.0 Å². The molecule has 0 saturated carbocycles. The third-order valence-electron chi connectivity index (χ3n) is 2.47. The van der Waals surface area contributed by atoms with E-state index in [4.69, 9.17) is 5.73 Å². The summed E-state index contributed by atoms with van der Waals surface area (Å²) in [5.41, 5.74) is 8.00. The van der Waals surface area contributed by atoms with Gasteiger partial charge in [-0.05, 0) is 30.9 Å². The van der Waals surface area contributed by atoms with Crippen LogP contribution in [0.4, 0.5) is 5.82 Å². The number of anilines is 1. The van der Waals surface area contributed by atoms with E-state index in [9.17, 15) is 0 Å². The Morgan fingerprint density at radius 3 is 3.17 bits per heavy atom. The van der Waals surface area contributed by atoms with Crippen molar-refractivity contribution in [1.29, 1.82) is 0 Å². The highest BCUT2D eigenvalue weighted by molar-refractivity contribution is 5.35. The second-order valence-electron chi connectivity index (χ2n) is 3.47. The molecule has 1 aliphatic rings. The quantitative estimate of drug-likeness (QED) is 0.630. The molecule has 0 radical (unpaired) electrons. The number of aromatic nitrogens is 2. The number of aryl methyl sites for hydroxylation is 1. The van der Waals surface area contributed by atoms with Gasteiger partial charge in [-0.2, -0.15) is 5.10 Å². The molecule has 2 N–H and O–H groups in total. The highest BCUT2D eigenvalue weighted by Gasteiger charge is 2.18. The molecule has 64 valence electrons. The number of hydrogen-bond acceptors (Lipinski definition) is 3. The summed E-state index contributed by atoms with van der Waals surface area (Å²) in [5.74, 6) is 1.10. The zero-order chi connectivity index (χ0) is 8.55. The maximum atomic E-state index is 5.55. The Kier molecular flexibility index (Phi) is 1.71. The first-order valence-corrected chi connectivity index (χ1v) is 4.39. The van der Waals surface area contributed by atoms with E-state index in [2.05, 4.69) is 17.1 Å². The van der Waals surface area contributed by atoms with Crippen LogP contribution in [-0.4, -0.2) is 10.2 Å². The van der Waals surface area contributed by atoms with Crippen molar-refractivity contribution in [3.8, 4) is 0 Å². The van der Waals surface area contributed by atoms with Crippen LogP contribution in [0.15, 0.2) is 6.07 Å². The van der Waals surface area contributed by atoms with Gasteiger partial charge in [0.15, 0.2) is 0 Å². The largest absolute Gasteiger partial charge is 0.382 e. The molecule has 1 unspecified atom stereocenters. The monoisotopic (exact) mass is 163 g/mol. The van der Waals surface area contributed by atoms with E-state index in [1.807, 2.05) is 6.07 Å². The molecular weight excluding hydrogens is 150 g/mol. The summed E-state index contributed by atoms with van der Waals surface area (Å²) in [5, 5.41) is 8.00. The van der Waals surface area contributed by atoms with Gasteiger partial charge in [0.2, 0.25) is 0 Å². The number of rotatable bonds is 0. The van der Waals surface area contributed by atoms with Gasteiger partial charge >= 0.3 is 0 Å². The molecule has 0 aliphatic heterocycles. The average Bonchev–Trinajstić information content (AvgIpc) is 2.04. The zero-order valence-electron chi connectivity index (χ0n) is 7.25. The topological polar surface area (TPSA) is 51.8 Å². The van der Waals surface area contributed by atoms with Gasteiger partial charge in [-0.25, -0.2) is 0 Å². The molecule has 0 bridgehead atoms. The first-order chi connectivity index (χ1) is 5.77. The fourth-order valence-electron chi connectivity index (χ4n) is 1.81. The molecule has 3 heteroatoms. The van der Waals surface area contributed by atoms with Crippen molar-refractivity contribution in [2.24, 2.45) is 0 Å². The van der Waals surface area contributed by atoms with Crippen molar-refractivity contribution in [2.75, 3.05) is 5.73 Å². The van der Waals surface area contributed by atoms with E-state index in [0.29, 0.717) is 11.7 Å². The molecule has 3 nitrogen and oxygen atoms in total. The molecule has 0 fully saturated rings. The van der Waals surface area contributed by atoms with E-state index in [1.54, 1.807) is 0 Å². The van der Waals surface area contributed by atoms with Crippen molar-refractivity contribution >= 4 is 5.82 Å². The summed E-state index contributed by atoms with van der Waals surface area (Å²) in [4.78, 5) is 0. The minimum atomic E-state index is 0.544. The van der Waals surface area contributed by atoms with Crippen LogP contribution in [0.25, 0.3) is 0 Å². The Morgan fingerprint density at radius 1 is 1.50 bits per heavy atom. The van der Waals surface area contributed by atoms with Crippen LogP contribution in [0.5, 0.6) is 0 Å². The molecule has 1 atom stereocenters. The van der Waals surface area contributed by atoms with E-state index in [1.165, 1.54) is 18.4 Å². The summed E-state index contributed by atoms with van der Waals surface area (Å²) >= 11 is 0. The van der Waals surface area contributed by atoms with Crippen molar-refractivity contribution in [2.45, 2.75) is 32.1 Å². The Morgan fingerprint density at radius 2 is 2.33 bits per heavy atom. The van der Waals surface area contributed by atoms with Crippen LogP contribution in [0.3, 0.4) is 0 Å². The molecule has 1 aliphatic carbocycles. The first kappa shape index (κ1) is 7.53. The minimum Gasteiger partial charge on any atom is -0.382 e. The SMILES string of the molecule is CC1CCCc2cc(N)nnc21. The highest BCUT2D eigenvalue weighted by atomic mass is 15.1. The van der Waals surface area contributed by atoms with Gasteiger partial charge in [0.1, 0.15) is 5.82 Å². The van der Waals surface area contributed by atoms with Gasteiger partial charge in [-0.3, -0.25) is 0 Å². The van der Waals surface area contributed by atoms with Gasteiger partial charge in [0, 0.05) is 5.92 Å². The van der Waals surface area contributed by atoms with Crippen molar-refractivity contribution in [3.05, 3.63) is 17.3 Å². The maximum absolute atomic E-state index is 5.55. The minimum absolute atomic E-state index is 0.544. The van der Waals surface area contributed by atoms with Crippen LogP contribution < -0.4 is 5.73 Å². The fourth-order valence-corrected chi connectivity index (χ4v) is 1.81. The van der Waals surface area contributed by atoms with Gasteiger partial charge < -0.3 is 5.73 Å². The summed E-state index contributed by atoms with van der Waals surface area (Å²) in [6, 6.07) is 1.96. The molecule has 0 spiro atoms. The van der Waals surface area contributed by atoms with E-state index in [0.717, 1.165) is 12.1 Å². The van der Waals surface area contributed by atoms with Gasteiger partial charge in [-0.1, -0.05) is 6.92 Å². The second kappa shape index (κ2) is 2.73. The summed E-state index contributed by atoms with van der Waals surface area (Å²) < 4.78 is 0. The lowest BCUT2D eigenvalue weighted by atomic mass is 9.88. The van der Waals surface area contributed by atoms with E-state index in [-0.39, 0.29) is 0 Å². The predicted octanol–water partition coefficient (Wildman–Crippen LogP) is 1.50. The van der Waals surface area contributed by atoms with Crippen LogP contribution in [-0.2, 0) is 6.42 Å². The standard InChI is InChI=1S/C9H13N3/c1-6-3-2-4-7-5-8(10)11-12-9(6)7/h5-6H,2-4H2,1H3,(H2,10,11). The number of fused-ring (bicyclic) bond motifs is 1. The molecule has 0 saturated heterocycles. The van der Waals surface area contributed by atoms with Crippen molar-refractivity contribution in [3.63, 3.8) is 0 Å². The molecule has 1 aromatic rings. The molecule has 1 heterocycles. The first-order valence-electron chi connectivity index (χ1n) is 4.39. The molecule has 0 amide bonds.